The number of hydrogen-bond donors (Lipinski definition) is 1. The summed E-state index contributed by atoms with van der Waals surface area (Å²) >= 11 is 3.33. The lowest BCUT2D eigenvalue weighted by Gasteiger charge is -2.27. The number of rotatable bonds is 5. The van der Waals surface area contributed by atoms with Crippen LogP contribution < -0.4 is 5.32 Å². The Balaban J connectivity index is 2.02. The second kappa shape index (κ2) is 6.19. The quantitative estimate of drug-likeness (QED) is 0.839. The van der Waals surface area contributed by atoms with Crippen LogP contribution >= 0.6 is 23.1 Å². The molecule has 0 saturated heterocycles. The van der Waals surface area contributed by atoms with Gasteiger partial charge in [0.1, 0.15) is 10.5 Å². The number of hydrogen-bond acceptors (Lipinski definition) is 7. The molecular formula is C12H19N3O2S2. The van der Waals surface area contributed by atoms with E-state index in [0.717, 1.165) is 35.2 Å². The molecule has 1 saturated carbocycles. The number of thioether (sulfide) groups is 1. The smallest absolute Gasteiger partial charge is 0.326 e. The third-order valence-electron chi connectivity index (χ3n) is 3.34. The molecule has 19 heavy (non-hydrogen) atoms. The topological polar surface area (TPSA) is 64.1 Å². The predicted octanol–water partition coefficient (Wildman–Crippen LogP) is 2.01. The maximum absolute atomic E-state index is 12.0. The first-order chi connectivity index (χ1) is 9.09. The average molecular weight is 301 g/mol. The van der Waals surface area contributed by atoms with Gasteiger partial charge in [0.15, 0.2) is 4.34 Å². The van der Waals surface area contributed by atoms with Crippen LogP contribution in [0.3, 0.4) is 0 Å². The molecule has 1 fully saturated rings. The van der Waals surface area contributed by atoms with Gasteiger partial charge in [-0.3, -0.25) is 4.79 Å². The van der Waals surface area contributed by atoms with Crippen molar-refractivity contribution in [3.63, 3.8) is 0 Å². The Labute approximate surface area is 121 Å². The van der Waals surface area contributed by atoms with Gasteiger partial charge in [-0.15, -0.1) is 10.2 Å². The molecule has 0 spiro atoms. The van der Waals surface area contributed by atoms with Crippen molar-refractivity contribution in [2.75, 3.05) is 13.7 Å². The Hall–Kier alpha value is -0.660. The Morgan fingerprint density at radius 3 is 3.00 bits per heavy atom. The molecule has 0 amide bonds. The molecule has 0 aromatic carbocycles. The number of carbonyl (C=O) groups excluding carboxylic acids is 1. The van der Waals surface area contributed by atoms with Crippen molar-refractivity contribution >= 4 is 29.1 Å². The number of nitrogens with one attached hydrogen (secondary N) is 1. The van der Waals surface area contributed by atoms with Crippen molar-refractivity contribution in [3.05, 3.63) is 5.01 Å². The molecule has 1 N–H and O–H groups in total. The third-order valence-corrected chi connectivity index (χ3v) is 5.53. The normalized spacial score (nSPS) is 26.6. The molecule has 1 heterocycles. The zero-order valence-corrected chi connectivity index (χ0v) is 13.1. The Kier molecular flexibility index (Phi) is 4.81. The first-order valence-corrected chi connectivity index (χ1v) is 8.09. The van der Waals surface area contributed by atoms with E-state index in [1.165, 1.54) is 7.11 Å². The van der Waals surface area contributed by atoms with E-state index in [9.17, 15) is 4.79 Å². The molecule has 7 heteroatoms. The highest BCUT2D eigenvalue weighted by Crippen LogP contribution is 2.41. The van der Waals surface area contributed by atoms with Crippen molar-refractivity contribution in [1.82, 2.24) is 15.5 Å². The fraction of sp³-hybridized carbons (Fsp3) is 0.750. The van der Waals surface area contributed by atoms with E-state index in [2.05, 4.69) is 15.5 Å². The minimum Gasteiger partial charge on any atom is -0.468 e. The second-order valence-corrected chi connectivity index (χ2v) is 7.40. The van der Waals surface area contributed by atoms with Crippen molar-refractivity contribution in [2.45, 2.75) is 48.2 Å². The van der Waals surface area contributed by atoms with Gasteiger partial charge in [0.2, 0.25) is 0 Å². The molecule has 2 atom stereocenters. The first-order valence-electron chi connectivity index (χ1n) is 6.40. The highest BCUT2D eigenvalue weighted by Gasteiger charge is 2.46. The van der Waals surface area contributed by atoms with Gasteiger partial charge in [-0.2, -0.15) is 0 Å². The van der Waals surface area contributed by atoms with E-state index in [4.69, 9.17) is 4.74 Å². The molecule has 5 nitrogen and oxygen atoms in total. The maximum atomic E-state index is 12.0. The zero-order chi connectivity index (χ0) is 13.9. The molecule has 2 unspecified atom stereocenters. The fourth-order valence-corrected chi connectivity index (χ4v) is 4.88. The van der Waals surface area contributed by atoms with E-state index in [0.29, 0.717) is 5.25 Å². The van der Waals surface area contributed by atoms with E-state index < -0.39 is 5.54 Å². The van der Waals surface area contributed by atoms with Crippen molar-refractivity contribution in [2.24, 2.45) is 0 Å². The first kappa shape index (κ1) is 14.7. The van der Waals surface area contributed by atoms with Gasteiger partial charge < -0.3 is 10.1 Å². The number of aryl methyl sites for hydroxylation is 1. The van der Waals surface area contributed by atoms with Crippen LogP contribution in [0, 0.1) is 6.92 Å². The number of carbonyl (C=O) groups is 1. The molecule has 106 valence electrons. The Morgan fingerprint density at radius 2 is 2.42 bits per heavy atom. The Morgan fingerprint density at radius 1 is 1.63 bits per heavy atom. The fourth-order valence-electron chi connectivity index (χ4n) is 2.52. The predicted molar refractivity (Wildman–Crippen MR) is 76.6 cm³/mol. The number of esters is 1. The number of ether oxygens (including phenoxy) is 1. The maximum Gasteiger partial charge on any atom is 0.326 e. The zero-order valence-electron chi connectivity index (χ0n) is 11.4. The molecule has 1 aromatic rings. The SMILES string of the molecule is CCNC1(C(=O)OC)CCC(Sc2nnc(C)s2)C1. The van der Waals surface area contributed by atoms with Crippen LogP contribution in [-0.4, -0.2) is 40.6 Å². The van der Waals surface area contributed by atoms with Gasteiger partial charge in [-0.25, -0.2) is 0 Å². The van der Waals surface area contributed by atoms with Crippen LogP contribution in [0.1, 0.15) is 31.2 Å². The van der Waals surface area contributed by atoms with E-state index in [1.807, 2.05) is 13.8 Å². The molecule has 0 radical (unpaired) electrons. The molecule has 1 aliphatic carbocycles. The minimum atomic E-state index is -0.513. The monoisotopic (exact) mass is 301 g/mol. The van der Waals surface area contributed by atoms with Crippen LogP contribution in [-0.2, 0) is 9.53 Å². The van der Waals surface area contributed by atoms with Crippen LogP contribution in [0.25, 0.3) is 0 Å². The van der Waals surface area contributed by atoms with Gasteiger partial charge in [0.05, 0.1) is 7.11 Å². The highest BCUT2D eigenvalue weighted by atomic mass is 32.2. The Bertz CT molecular complexity index is 452. The van der Waals surface area contributed by atoms with Crippen LogP contribution in [0.2, 0.25) is 0 Å². The molecule has 0 aliphatic heterocycles. The summed E-state index contributed by atoms with van der Waals surface area (Å²) in [6.45, 7) is 4.73. The summed E-state index contributed by atoms with van der Waals surface area (Å²) in [4.78, 5) is 12.0. The van der Waals surface area contributed by atoms with E-state index in [-0.39, 0.29) is 5.97 Å². The third kappa shape index (κ3) is 3.27. The number of methoxy groups -OCH3 is 1. The van der Waals surface area contributed by atoms with Gasteiger partial charge in [0, 0.05) is 5.25 Å². The lowest BCUT2D eigenvalue weighted by molar-refractivity contribution is -0.148. The lowest BCUT2D eigenvalue weighted by Crippen LogP contribution is -2.50. The molecule has 1 aliphatic rings. The largest absolute Gasteiger partial charge is 0.468 e. The summed E-state index contributed by atoms with van der Waals surface area (Å²) < 4.78 is 5.94. The molecule has 1 aromatic heterocycles. The van der Waals surface area contributed by atoms with Gasteiger partial charge in [-0.1, -0.05) is 30.0 Å². The summed E-state index contributed by atoms with van der Waals surface area (Å²) in [6, 6.07) is 0. The standard InChI is InChI=1S/C12H19N3O2S2/c1-4-13-12(10(16)17-3)6-5-9(7-12)19-11-15-14-8(2)18-11/h9,13H,4-7H2,1-3H3. The van der Waals surface area contributed by atoms with Crippen LogP contribution in [0.15, 0.2) is 4.34 Å². The average Bonchev–Trinajstić information content (AvgIpc) is 2.97. The summed E-state index contributed by atoms with van der Waals surface area (Å²) in [5.41, 5.74) is -0.513. The minimum absolute atomic E-state index is 0.147. The van der Waals surface area contributed by atoms with Gasteiger partial charge in [-0.05, 0) is 32.7 Å². The van der Waals surface area contributed by atoms with Gasteiger partial charge >= 0.3 is 5.97 Å². The lowest BCUT2D eigenvalue weighted by atomic mass is 9.98. The summed E-state index contributed by atoms with van der Waals surface area (Å²) in [5.74, 6) is -0.147. The van der Waals surface area contributed by atoms with Crippen molar-refractivity contribution in [1.29, 1.82) is 0 Å². The van der Waals surface area contributed by atoms with Crippen molar-refractivity contribution < 1.29 is 9.53 Å². The van der Waals surface area contributed by atoms with Crippen LogP contribution in [0.5, 0.6) is 0 Å². The number of nitrogens with zero attached hydrogens (tertiary/aromatic N) is 2. The summed E-state index contributed by atoms with van der Waals surface area (Å²) in [7, 11) is 1.45. The van der Waals surface area contributed by atoms with Crippen molar-refractivity contribution in [3.8, 4) is 0 Å². The van der Waals surface area contributed by atoms with Crippen LogP contribution in [0.4, 0.5) is 0 Å². The number of likely N-dealkylation sites (N-methyl/N-ethyl adjacent to an activating group) is 1. The number of aromatic nitrogens is 2. The molecule has 0 bridgehead atoms. The second-order valence-electron chi connectivity index (χ2n) is 4.67. The van der Waals surface area contributed by atoms with Gasteiger partial charge in [0.25, 0.3) is 0 Å². The van der Waals surface area contributed by atoms with E-state index in [1.54, 1.807) is 23.1 Å². The summed E-state index contributed by atoms with van der Waals surface area (Å²) in [6.07, 6.45) is 2.60. The summed E-state index contributed by atoms with van der Waals surface area (Å²) in [5, 5.41) is 12.8. The van der Waals surface area contributed by atoms with E-state index >= 15 is 0 Å². The highest BCUT2D eigenvalue weighted by molar-refractivity contribution is 8.01. The molecule has 2 rings (SSSR count). The molecular weight excluding hydrogens is 282 g/mol.